The number of esters is 1. The number of benzene rings is 1. The van der Waals surface area contributed by atoms with E-state index in [1.165, 1.54) is 45.1 Å². The number of rotatable bonds is 7. The molecule has 1 unspecified atom stereocenters. The summed E-state index contributed by atoms with van der Waals surface area (Å²) in [5.41, 5.74) is 0.604. The first kappa shape index (κ1) is 22.0. The second kappa shape index (κ2) is 11.6. The first-order valence-electron chi connectivity index (χ1n) is 10.4. The van der Waals surface area contributed by atoms with Gasteiger partial charge in [0.05, 0.1) is 18.3 Å². The maximum atomic E-state index is 12.2. The van der Waals surface area contributed by atoms with Crippen LogP contribution in [0.5, 0.6) is 5.75 Å². The molecular weight excluding hydrogens is 362 g/mol. The maximum absolute atomic E-state index is 12.2. The van der Waals surface area contributed by atoms with Gasteiger partial charge in [-0.1, -0.05) is 12.8 Å². The second-order valence-electron chi connectivity index (χ2n) is 7.77. The van der Waals surface area contributed by atoms with Gasteiger partial charge < -0.3 is 14.4 Å². The summed E-state index contributed by atoms with van der Waals surface area (Å²) in [6.07, 6.45) is 11.3. The minimum Gasteiger partial charge on any atom is -0.490 e. The van der Waals surface area contributed by atoms with Crippen LogP contribution in [0.4, 0.5) is 0 Å². The van der Waals surface area contributed by atoms with Crippen LogP contribution < -0.4 is 4.74 Å². The maximum Gasteiger partial charge on any atom is 0.338 e. The van der Waals surface area contributed by atoms with Crippen LogP contribution in [0.25, 0.3) is 0 Å². The van der Waals surface area contributed by atoms with Gasteiger partial charge in [-0.2, -0.15) is 0 Å². The molecule has 0 amide bonds. The molecular formula is C22H34ClNO3. The molecule has 1 heterocycles. The molecule has 0 spiro atoms. The Kier molecular flexibility index (Phi) is 9.43. The summed E-state index contributed by atoms with van der Waals surface area (Å²) in [6, 6.07) is 8.07. The topological polar surface area (TPSA) is 38.8 Å². The lowest BCUT2D eigenvalue weighted by Crippen LogP contribution is -2.38. The van der Waals surface area contributed by atoms with Crippen LogP contribution in [0.1, 0.15) is 75.1 Å². The fraction of sp³-hybridized carbons (Fsp3) is 0.682. The summed E-state index contributed by atoms with van der Waals surface area (Å²) < 4.78 is 11.4. The number of carbonyl (C=O) groups is 1. The highest BCUT2D eigenvalue weighted by Crippen LogP contribution is 2.23. The summed E-state index contributed by atoms with van der Waals surface area (Å²) in [5, 5.41) is 0. The Bertz CT molecular complexity index is 557. The quantitative estimate of drug-likeness (QED) is 0.467. The van der Waals surface area contributed by atoms with Gasteiger partial charge in [0.1, 0.15) is 5.75 Å². The third-order valence-electron chi connectivity index (χ3n) is 5.71. The van der Waals surface area contributed by atoms with E-state index in [-0.39, 0.29) is 18.4 Å². The molecule has 1 saturated carbocycles. The van der Waals surface area contributed by atoms with E-state index in [2.05, 4.69) is 11.8 Å². The molecule has 1 atom stereocenters. The summed E-state index contributed by atoms with van der Waals surface area (Å²) in [5.74, 6) is 0.619. The van der Waals surface area contributed by atoms with Gasteiger partial charge in [0.15, 0.2) is 0 Å². The fourth-order valence-electron chi connectivity index (χ4n) is 4.05. The minimum atomic E-state index is -0.235. The molecule has 1 aliphatic heterocycles. The Morgan fingerprint density at radius 3 is 2.44 bits per heavy atom. The Morgan fingerprint density at radius 1 is 1.04 bits per heavy atom. The Hall–Kier alpha value is -1.26. The van der Waals surface area contributed by atoms with Gasteiger partial charge in [0.25, 0.3) is 0 Å². The van der Waals surface area contributed by atoms with Gasteiger partial charge in [0, 0.05) is 12.6 Å². The molecule has 3 rings (SSSR count). The van der Waals surface area contributed by atoms with Gasteiger partial charge in [-0.15, -0.1) is 12.4 Å². The average Bonchev–Trinajstić information content (AvgIpc) is 2.68. The van der Waals surface area contributed by atoms with Crippen LogP contribution in [0.15, 0.2) is 24.3 Å². The highest BCUT2D eigenvalue weighted by atomic mass is 35.5. The Labute approximate surface area is 170 Å². The molecule has 1 saturated heterocycles. The number of hydrogen-bond donors (Lipinski definition) is 0. The summed E-state index contributed by atoms with van der Waals surface area (Å²) in [6.45, 7) is 4.98. The van der Waals surface area contributed by atoms with Crippen molar-refractivity contribution in [3.8, 4) is 5.75 Å². The van der Waals surface area contributed by atoms with Crippen molar-refractivity contribution in [2.75, 3.05) is 19.7 Å². The fourth-order valence-corrected chi connectivity index (χ4v) is 4.05. The van der Waals surface area contributed by atoms with E-state index in [9.17, 15) is 4.79 Å². The first-order chi connectivity index (χ1) is 12.7. The normalized spacial score (nSPS) is 21.3. The zero-order valence-corrected chi connectivity index (χ0v) is 17.3. The molecule has 1 aromatic rings. The SMILES string of the molecule is CC1CCCCN1CCCOC(=O)c1ccc(OC2CCCCC2)cc1.Cl. The Morgan fingerprint density at radius 2 is 1.74 bits per heavy atom. The number of nitrogens with zero attached hydrogens (tertiary/aromatic N) is 1. The van der Waals surface area contributed by atoms with Crippen molar-refractivity contribution in [1.82, 2.24) is 4.90 Å². The van der Waals surface area contributed by atoms with E-state index in [1.807, 2.05) is 24.3 Å². The number of ether oxygens (including phenoxy) is 2. The van der Waals surface area contributed by atoms with Crippen molar-refractivity contribution in [2.45, 2.75) is 76.9 Å². The first-order valence-corrected chi connectivity index (χ1v) is 10.4. The van der Waals surface area contributed by atoms with Crippen molar-refractivity contribution in [1.29, 1.82) is 0 Å². The summed E-state index contributed by atoms with van der Waals surface area (Å²) >= 11 is 0. The van der Waals surface area contributed by atoms with Crippen LogP contribution in [-0.4, -0.2) is 42.7 Å². The number of carbonyl (C=O) groups excluding carboxylic acids is 1. The van der Waals surface area contributed by atoms with Crippen molar-refractivity contribution >= 4 is 18.4 Å². The molecule has 0 N–H and O–H groups in total. The van der Waals surface area contributed by atoms with Gasteiger partial charge >= 0.3 is 5.97 Å². The molecule has 4 nitrogen and oxygen atoms in total. The van der Waals surface area contributed by atoms with E-state index in [0.29, 0.717) is 24.3 Å². The number of hydrogen-bond acceptors (Lipinski definition) is 4. The van der Waals surface area contributed by atoms with Crippen LogP contribution in [0.3, 0.4) is 0 Å². The second-order valence-corrected chi connectivity index (χ2v) is 7.77. The molecule has 1 aromatic carbocycles. The van der Waals surface area contributed by atoms with Crippen molar-refractivity contribution in [3.63, 3.8) is 0 Å². The van der Waals surface area contributed by atoms with E-state index in [4.69, 9.17) is 9.47 Å². The summed E-state index contributed by atoms with van der Waals surface area (Å²) in [7, 11) is 0. The van der Waals surface area contributed by atoms with E-state index < -0.39 is 0 Å². The molecule has 152 valence electrons. The summed E-state index contributed by atoms with van der Waals surface area (Å²) in [4.78, 5) is 14.7. The van der Waals surface area contributed by atoms with Crippen molar-refractivity contribution in [2.24, 2.45) is 0 Å². The molecule has 0 radical (unpaired) electrons. The van der Waals surface area contributed by atoms with E-state index in [0.717, 1.165) is 31.6 Å². The van der Waals surface area contributed by atoms with Gasteiger partial charge in [-0.25, -0.2) is 4.79 Å². The van der Waals surface area contributed by atoms with Crippen molar-refractivity contribution in [3.05, 3.63) is 29.8 Å². The Balaban J connectivity index is 0.00000261. The van der Waals surface area contributed by atoms with Gasteiger partial charge in [-0.3, -0.25) is 0 Å². The van der Waals surface area contributed by atoms with E-state index in [1.54, 1.807) is 0 Å². The molecule has 0 aromatic heterocycles. The van der Waals surface area contributed by atoms with Crippen LogP contribution in [-0.2, 0) is 4.74 Å². The predicted octanol–water partition coefficient (Wildman–Crippen LogP) is 5.24. The molecule has 5 heteroatoms. The van der Waals surface area contributed by atoms with Gasteiger partial charge in [0.2, 0.25) is 0 Å². The zero-order valence-electron chi connectivity index (χ0n) is 16.5. The van der Waals surface area contributed by atoms with E-state index >= 15 is 0 Å². The molecule has 27 heavy (non-hydrogen) atoms. The molecule has 1 aliphatic carbocycles. The number of halogens is 1. The lowest BCUT2D eigenvalue weighted by atomic mass is 9.98. The smallest absolute Gasteiger partial charge is 0.338 e. The lowest BCUT2D eigenvalue weighted by Gasteiger charge is -2.33. The van der Waals surface area contributed by atoms with Crippen LogP contribution in [0.2, 0.25) is 0 Å². The monoisotopic (exact) mass is 395 g/mol. The predicted molar refractivity (Wildman–Crippen MR) is 111 cm³/mol. The largest absolute Gasteiger partial charge is 0.490 e. The lowest BCUT2D eigenvalue weighted by molar-refractivity contribution is 0.0475. The van der Waals surface area contributed by atoms with Gasteiger partial charge in [-0.05, 0) is 82.7 Å². The number of likely N-dealkylation sites (tertiary alicyclic amines) is 1. The minimum absolute atomic E-state index is 0. The molecule has 0 bridgehead atoms. The zero-order chi connectivity index (χ0) is 18.2. The van der Waals surface area contributed by atoms with Crippen LogP contribution in [0, 0.1) is 0 Å². The standard InChI is InChI=1S/C22H33NO3.ClH/c1-18-8-5-6-15-23(18)16-7-17-25-22(24)19-11-13-21(14-12-19)26-20-9-3-2-4-10-20;/h11-14,18,20H,2-10,15-17H2,1H3;1H. The highest BCUT2D eigenvalue weighted by molar-refractivity contribution is 5.89. The van der Waals surface area contributed by atoms with Crippen LogP contribution >= 0.6 is 12.4 Å². The molecule has 2 fully saturated rings. The third-order valence-corrected chi connectivity index (χ3v) is 5.71. The molecule has 2 aliphatic rings. The third kappa shape index (κ3) is 7.00. The number of piperidine rings is 1. The van der Waals surface area contributed by atoms with Crippen molar-refractivity contribution < 1.29 is 14.3 Å². The highest BCUT2D eigenvalue weighted by Gasteiger charge is 2.18. The average molecular weight is 396 g/mol.